The minimum absolute atomic E-state index is 0.0402. The third-order valence-corrected chi connectivity index (χ3v) is 7.44. The number of amides is 2. The molecule has 2 amide bonds. The Hall–Kier alpha value is -2.20. The standard InChI is InChI=1S/C31H54N4O5/c1-8-16-34(7)21-29-23(2)20-35(24(3)22-36)31(38)27-19-26(32-30(37)13-11-17-33(5)6)14-15-28(27)40-25(4)12-9-10-18-39-29/h14-15,19,23-25,29,36H,8-13,16-18,20-22H2,1-7H3,(H,32,37)/t23-,24+,25+,29-/m0/s1. The predicted molar refractivity (Wildman–Crippen MR) is 161 cm³/mol. The number of aliphatic hydroxyl groups excluding tert-OH is 1. The summed E-state index contributed by atoms with van der Waals surface area (Å²) in [5, 5.41) is 13.1. The summed E-state index contributed by atoms with van der Waals surface area (Å²) in [6.07, 6.45) is 4.83. The van der Waals surface area contributed by atoms with Crippen LogP contribution in [0.15, 0.2) is 18.2 Å². The Morgan fingerprint density at radius 1 is 1.20 bits per heavy atom. The third kappa shape index (κ3) is 11.4. The fraction of sp³-hybridized carbons (Fsp3) is 0.742. The monoisotopic (exact) mass is 562 g/mol. The Morgan fingerprint density at radius 2 is 1.95 bits per heavy atom. The summed E-state index contributed by atoms with van der Waals surface area (Å²) < 4.78 is 12.7. The number of nitrogens with one attached hydrogen (secondary N) is 1. The first-order valence-electron chi connectivity index (χ1n) is 15.0. The fourth-order valence-corrected chi connectivity index (χ4v) is 5.02. The minimum atomic E-state index is -0.397. The molecule has 1 aromatic carbocycles. The van der Waals surface area contributed by atoms with E-state index in [1.54, 1.807) is 23.1 Å². The van der Waals surface area contributed by atoms with E-state index in [0.717, 1.165) is 51.7 Å². The Labute approximate surface area is 242 Å². The maximum absolute atomic E-state index is 14.1. The average Bonchev–Trinajstić information content (AvgIpc) is 2.90. The number of anilines is 1. The quantitative estimate of drug-likeness (QED) is 0.419. The van der Waals surface area contributed by atoms with Crippen molar-refractivity contribution in [1.82, 2.24) is 14.7 Å². The number of carbonyl (C=O) groups is 2. The molecule has 0 saturated carbocycles. The predicted octanol–water partition coefficient (Wildman–Crippen LogP) is 4.10. The van der Waals surface area contributed by atoms with Gasteiger partial charge in [0.2, 0.25) is 5.91 Å². The molecule has 0 fully saturated rings. The number of hydrogen-bond donors (Lipinski definition) is 2. The average molecular weight is 563 g/mol. The molecule has 1 aromatic rings. The fourth-order valence-electron chi connectivity index (χ4n) is 5.02. The molecule has 40 heavy (non-hydrogen) atoms. The topological polar surface area (TPSA) is 94.6 Å². The van der Waals surface area contributed by atoms with E-state index in [9.17, 15) is 14.7 Å². The number of benzene rings is 1. The van der Waals surface area contributed by atoms with Crippen LogP contribution in [0.4, 0.5) is 5.69 Å². The molecule has 0 saturated heterocycles. The van der Waals surface area contributed by atoms with Gasteiger partial charge in [-0.05, 0) is 98.4 Å². The summed E-state index contributed by atoms with van der Waals surface area (Å²) in [5.41, 5.74) is 0.953. The Balaban J connectivity index is 2.39. The summed E-state index contributed by atoms with van der Waals surface area (Å²) in [5.74, 6) is 0.230. The number of aliphatic hydroxyl groups is 1. The van der Waals surface area contributed by atoms with Gasteiger partial charge >= 0.3 is 0 Å². The third-order valence-electron chi connectivity index (χ3n) is 7.44. The Kier molecular flexibility index (Phi) is 14.9. The van der Waals surface area contributed by atoms with Gasteiger partial charge in [0, 0.05) is 37.7 Å². The smallest absolute Gasteiger partial charge is 0.258 e. The molecule has 1 aliphatic rings. The zero-order valence-corrected chi connectivity index (χ0v) is 25.9. The maximum Gasteiger partial charge on any atom is 0.258 e. The van der Waals surface area contributed by atoms with Crippen molar-refractivity contribution >= 4 is 17.5 Å². The van der Waals surface area contributed by atoms with Crippen LogP contribution in [0.5, 0.6) is 5.75 Å². The highest BCUT2D eigenvalue weighted by Gasteiger charge is 2.30. The lowest BCUT2D eigenvalue weighted by atomic mass is 10.0. The number of nitrogens with zero attached hydrogens (tertiary/aromatic N) is 3. The van der Waals surface area contributed by atoms with Crippen LogP contribution in [0.25, 0.3) is 0 Å². The molecule has 0 bridgehead atoms. The summed E-state index contributed by atoms with van der Waals surface area (Å²) >= 11 is 0. The first-order chi connectivity index (χ1) is 19.0. The van der Waals surface area contributed by atoms with Crippen LogP contribution >= 0.6 is 0 Å². The summed E-state index contributed by atoms with van der Waals surface area (Å²) in [6.45, 7) is 11.7. The van der Waals surface area contributed by atoms with Gasteiger partial charge in [0.1, 0.15) is 5.75 Å². The molecule has 4 atom stereocenters. The van der Waals surface area contributed by atoms with Gasteiger partial charge in [0.15, 0.2) is 0 Å². The number of likely N-dealkylation sites (N-methyl/N-ethyl adjacent to an activating group) is 1. The highest BCUT2D eigenvalue weighted by atomic mass is 16.5. The van der Waals surface area contributed by atoms with Gasteiger partial charge in [-0.2, -0.15) is 0 Å². The summed E-state index contributed by atoms with van der Waals surface area (Å²) in [6, 6.07) is 4.89. The second-order valence-electron chi connectivity index (χ2n) is 11.7. The van der Waals surface area contributed by atoms with Gasteiger partial charge < -0.3 is 34.6 Å². The van der Waals surface area contributed by atoms with Crippen molar-refractivity contribution in [1.29, 1.82) is 0 Å². The molecule has 0 aromatic heterocycles. The lowest BCUT2D eigenvalue weighted by Crippen LogP contribution is -2.47. The maximum atomic E-state index is 14.1. The van der Waals surface area contributed by atoms with E-state index in [2.05, 4.69) is 31.1 Å². The molecule has 2 N–H and O–H groups in total. The SMILES string of the molecule is CCCN(C)C[C@@H]1OCCCC[C@@H](C)Oc2ccc(NC(=O)CCCN(C)C)cc2C(=O)N([C@H](C)CO)C[C@@H]1C. The molecule has 0 radical (unpaired) electrons. The van der Waals surface area contributed by atoms with Gasteiger partial charge in [-0.15, -0.1) is 0 Å². The van der Waals surface area contributed by atoms with Crippen LogP contribution < -0.4 is 10.1 Å². The van der Waals surface area contributed by atoms with Crippen molar-refractivity contribution in [3.05, 3.63) is 23.8 Å². The normalized spacial score (nSPS) is 22.0. The van der Waals surface area contributed by atoms with E-state index < -0.39 is 6.04 Å². The minimum Gasteiger partial charge on any atom is -0.490 e. The number of ether oxygens (including phenoxy) is 2. The Bertz CT molecular complexity index is 912. The zero-order valence-electron chi connectivity index (χ0n) is 25.9. The first-order valence-corrected chi connectivity index (χ1v) is 15.0. The summed E-state index contributed by atoms with van der Waals surface area (Å²) in [4.78, 5) is 32.8. The largest absolute Gasteiger partial charge is 0.490 e. The van der Waals surface area contributed by atoms with Crippen molar-refractivity contribution in [3.63, 3.8) is 0 Å². The molecule has 0 aliphatic carbocycles. The van der Waals surface area contributed by atoms with Gasteiger partial charge in [0.25, 0.3) is 5.91 Å². The molecule has 9 heteroatoms. The molecule has 1 aliphatic heterocycles. The number of rotatable bonds is 11. The zero-order chi connectivity index (χ0) is 29.7. The second kappa shape index (κ2) is 17.6. The van der Waals surface area contributed by atoms with Crippen LogP contribution in [0.1, 0.15) is 76.6 Å². The van der Waals surface area contributed by atoms with Crippen molar-refractivity contribution < 1.29 is 24.2 Å². The van der Waals surface area contributed by atoms with Crippen molar-refractivity contribution in [2.75, 3.05) is 65.9 Å². The first kappa shape index (κ1) is 34.0. The van der Waals surface area contributed by atoms with E-state index in [4.69, 9.17) is 9.47 Å². The van der Waals surface area contributed by atoms with Crippen LogP contribution in [0.2, 0.25) is 0 Å². The molecule has 9 nitrogen and oxygen atoms in total. The molecule has 228 valence electrons. The van der Waals surface area contributed by atoms with Gasteiger partial charge in [0.05, 0.1) is 30.4 Å². The van der Waals surface area contributed by atoms with Gasteiger partial charge in [-0.3, -0.25) is 9.59 Å². The van der Waals surface area contributed by atoms with Crippen LogP contribution in [0.3, 0.4) is 0 Å². The highest BCUT2D eigenvalue weighted by Crippen LogP contribution is 2.28. The molecule has 1 heterocycles. The van der Waals surface area contributed by atoms with Crippen molar-refractivity contribution in [2.24, 2.45) is 5.92 Å². The summed E-state index contributed by atoms with van der Waals surface area (Å²) in [7, 11) is 6.07. The lowest BCUT2D eigenvalue weighted by Gasteiger charge is -2.35. The van der Waals surface area contributed by atoms with E-state index in [-0.39, 0.29) is 36.5 Å². The molecule has 0 unspecified atom stereocenters. The second-order valence-corrected chi connectivity index (χ2v) is 11.7. The lowest BCUT2D eigenvalue weighted by molar-refractivity contribution is -0.116. The Morgan fingerprint density at radius 3 is 2.62 bits per heavy atom. The number of fused-ring (bicyclic) bond motifs is 1. The van der Waals surface area contributed by atoms with Crippen molar-refractivity contribution in [2.45, 2.75) is 84.5 Å². The molecule has 0 spiro atoms. The molecular weight excluding hydrogens is 508 g/mol. The van der Waals surface area contributed by atoms with E-state index >= 15 is 0 Å². The van der Waals surface area contributed by atoms with Crippen LogP contribution in [-0.4, -0.2) is 110 Å². The van der Waals surface area contributed by atoms with E-state index in [1.165, 1.54) is 0 Å². The van der Waals surface area contributed by atoms with Crippen LogP contribution in [-0.2, 0) is 9.53 Å². The number of carbonyl (C=O) groups excluding carboxylic acids is 2. The van der Waals surface area contributed by atoms with E-state index in [1.807, 2.05) is 32.8 Å². The van der Waals surface area contributed by atoms with Gasteiger partial charge in [-0.1, -0.05) is 13.8 Å². The van der Waals surface area contributed by atoms with Gasteiger partial charge in [-0.25, -0.2) is 0 Å². The highest BCUT2D eigenvalue weighted by molar-refractivity contribution is 5.99. The molecular formula is C31H54N4O5. The van der Waals surface area contributed by atoms with Crippen molar-refractivity contribution in [3.8, 4) is 5.75 Å². The van der Waals surface area contributed by atoms with Crippen LogP contribution in [0, 0.1) is 5.92 Å². The number of hydrogen-bond acceptors (Lipinski definition) is 7. The van der Waals surface area contributed by atoms with E-state index in [0.29, 0.717) is 36.6 Å². The molecule has 2 rings (SSSR count).